The zero-order valence-corrected chi connectivity index (χ0v) is 13.6. The molecule has 3 aromatic rings. The summed E-state index contributed by atoms with van der Waals surface area (Å²) in [5.74, 6) is 0.814. The third kappa shape index (κ3) is 2.89. The van der Waals surface area contributed by atoms with Crippen LogP contribution < -0.4 is 0 Å². The molecule has 5 heteroatoms. The first-order valence-corrected chi connectivity index (χ1v) is 7.78. The molecule has 1 aromatic heterocycles. The van der Waals surface area contributed by atoms with Crippen molar-refractivity contribution in [3.05, 3.63) is 63.9 Å². The van der Waals surface area contributed by atoms with Crippen LogP contribution in [0.5, 0.6) is 0 Å². The molecule has 3 rings (SSSR count). The van der Waals surface area contributed by atoms with E-state index in [1.165, 1.54) is 0 Å². The first-order chi connectivity index (χ1) is 10.1. The molecule has 0 aliphatic heterocycles. The number of benzene rings is 2. The number of nitrogens with zero attached hydrogens (tertiary/aromatic N) is 2. The molecule has 0 saturated carbocycles. The fourth-order valence-corrected chi connectivity index (χ4v) is 2.91. The van der Waals surface area contributed by atoms with Crippen molar-refractivity contribution in [1.29, 1.82) is 0 Å². The summed E-state index contributed by atoms with van der Waals surface area (Å²) in [6, 6.07) is 13.4. The van der Waals surface area contributed by atoms with Crippen molar-refractivity contribution in [3.8, 4) is 0 Å². The van der Waals surface area contributed by atoms with E-state index in [1.54, 1.807) is 0 Å². The summed E-state index contributed by atoms with van der Waals surface area (Å²) in [5.41, 5.74) is 2.87. The second-order valence-corrected chi connectivity index (χ2v) is 6.39. The Balaban J connectivity index is 2.17. The molecule has 0 radical (unpaired) electrons. The van der Waals surface area contributed by atoms with Gasteiger partial charge >= 0.3 is 0 Å². The maximum absolute atomic E-state index is 6.28. The van der Waals surface area contributed by atoms with Gasteiger partial charge in [0.1, 0.15) is 5.82 Å². The Hall–Kier alpha value is -1.22. The van der Waals surface area contributed by atoms with Crippen LogP contribution in [0.15, 0.2) is 42.5 Å². The molecule has 1 heterocycles. The van der Waals surface area contributed by atoms with E-state index < -0.39 is 0 Å². The maximum Gasteiger partial charge on any atom is 0.128 e. The largest absolute Gasteiger partial charge is 0.322 e. The van der Waals surface area contributed by atoms with E-state index in [1.807, 2.05) is 49.4 Å². The molecule has 1 atom stereocenters. The van der Waals surface area contributed by atoms with Crippen LogP contribution in [0.3, 0.4) is 0 Å². The summed E-state index contributed by atoms with van der Waals surface area (Å²) in [6.07, 6.45) is 0. The quantitative estimate of drug-likeness (QED) is 0.560. The lowest BCUT2D eigenvalue weighted by molar-refractivity contribution is 0.743. The number of rotatable bonds is 3. The van der Waals surface area contributed by atoms with E-state index in [4.69, 9.17) is 34.8 Å². The molecule has 0 aliphatic carbocycles. The Morgan fingerprint density at radius 3 is 2.62 bits per heavy atom. The van der Waals surface area contributed by atoms with E-state index in [2.05, 4.69) is 9.55 Å². The molecule has 0 saturated heterocycles. The monoisotopic (exact) mass is 338 g/mol. The lowest BCUT2D eigenvalue weighted by Gasteiger charge is -2.12. The third-order valence-corrected chi connectivity index (χ3v) is 4.18. The van der Waals surface area contributed by atoms with Gasteiger partial charge in [-0.05, 0) is 36.8 Å². The van der Waals surface area contributed by atoms with Crippen LogP contribution in [0.25, 0.3) is 11.0 Å². The van der Waals surface area contributed by atoms with Crippen LogP contribution in [0.4, 0.5) is 0 Å². The Labute approximate surface area is 138 Å². The van der Waals surface area contributed by atoms with Crippen molar-refractivity contribution < 1.29 is 0 Å². The van der Waals surface area contributed by atoms with Crippen LogP contribution in [0, 0.1) is 0 Å². The fraction of sp³-hybridized carbons (Fsp3) is 0.188. The molecule has 0 spiro atoms. The normalized spacial score (nSPS) is 12.8. The standard InChI is InChI=1S/C16H13Cl3N2/c1-10(17)16-20-14-7-6-12(18)8-15(14)21(16)9-11-4-2-3-5-13(11)19/h2-8,10H,9H2,1H3. The molecular weight excluding hydrogens is 327 g/mol. The van der Waals surface area contributed by atoms with E-state index >= 15 is 0 Å². The Morgan fingerprint density at radius 2 is 1.90 bits per heavy atom. The highest BCUT2D eigenvalue weighted by atomic mass is 35.5. The van der Waals surface area contributed by atoms with E-state index in [0.29, 0.717) is 11.6 Å². The molecular formula is C16H13Cl3N2. The van der Waals surface area contributed by atoms with Gasteiger partial charge in [-0.2, -0.15) is 0 Å². The summed E-state index contributed by atoms with van der Waals surface area (Å²) in [5, 5.41) is 1.21. The zero-order chi connectivity index (χ0) is 15.0. The third-order valence-electron chi connectivity index (χ3n) is 3.38. The van der Waals surface area contributed by atoms with Gasteiger partial charge in [-0.15, -0.1) is 11.6 Å². The van der Waals surface area contributed by atoms with E-state index in [0.717, 1.165) is 27.4 Å². The van der Waals surface area contributed by atoms with Crippen molar-refractivity contribution in [3.63, 3.8) is 0 Å². The topological polar surface area (TPSA) is 17.8 Å². The molecule has 2 nitrogen and oxygen atoms in total. The molecule has 1 unspecified atom stereocenters. The second-order valence-electron chi connectivity index (χ2n) is 4.90. The van der Waals surface area contributed by atoms with Gasteiger partial charge < -0.3 is 4.57 Å². The van der Waals surface area contributed by atoms with Crippen LogP contribution in [-0.2, 0) is 6.54 Å². The van der Waals surface area contributed by atoms with Crippen LogP contribution in [-0.4, -0.2) is 9.55 Å². The number of hydrogen-bond donors (Lipinski definition) is 0. The van der Waals surface area contributed by atoms with Crippen molar-refractivity contribution in [2.75, 3.05) is 0 Å². The average molecular weight is 340 g/mol. The molecule has 21 heavy (non-hydrogen) atoms. The molecule has 0 N–H and O–H groups in total. The van der Waals surface area contributed by atoms with Crippen LogP contribution >= 0.6 is 34.8 Å². The van der Waals surface area contributed by atoms with Gasteiger partial charge in [-0.3, -0.25) is 0 Å². The fourth-order valence-electron chi connectivity index (χ4n) is 2.38. The highest BCUT2D eigenvalue weighted by molar-refractivity contribution is 6.31. The minimum Gasteiger partial charge on any atom is -0.322 e. The molecule has 0 bridgehead atoms. The highest BCUT2D eigenvalue weighted by Gasteiger charge is 2.16. The summed E-state index contributed by atoms with van der Waals surface area (Å²) in [6.45, 7) is 2.52. The smallest absolute Gasteiger partial charge is 0.128 e. The van der Waals surface area contributed by atoms with Crippen LogP contribution in [0.2, 0.25) is 10.0 Å². The molecule has 0 amide bonds. The molecule has 108 valence electrons. The first-order valence-electron chi connectivity index (χ1n) is 6.59. The van der Waals surface area contributed by atoms with Gasteiger partial charge in [0.15, 0.2) is 0 Å². The van der Waals surface area contributed by atoms with Gasteiger partial charge in [0.25, 0.3) is 0 Å². The van der Waals surface area contributed by atoms with Gasteiger partial charge in [0, 0.05) is 10.0 Å². The molecule has 0 aliphatic rings. The first kappa shape index (κ1) is 14.7. The lowest BCUT2D eigenvalue weighted by Crippen LogP contribution is -2.06. The number of fused-ring (bicyclic) bond motifs is 1. The highest BCUT2D eigenvalue weighted by Crippen LogP contribution is 2.28. The number of alkyl halides is 1. The molecule has 0 fully saturated rings. The SMILES string of the molecule is CC(Cl)c1nc2ccc(Cl)cc2n1Cc1ccccc1Cl. The van der Waals surface area contributed by atoms with Crippen molar-refractivity contribution in [1.82, 2.24) is 9.55 Å². The van der Waals surface area contributed by atoms with Gasteiger partial charge in [-0.1, -0.05) is 41.4 Å². The Bertz CT molecular complexity index is 793. The van der Waals surface area contributed by atoms with Crippen molar-refractivity contribution >= 4 is 45.8 Å². The van der Waals surface area contributed by atoms with Gasteiger partial charge in [-0.25, -0.2) is 4.98 Å². The average Bonchev–Trinajstić information content (AvgIpc) is 2.80. The summed E-state index contributed by atoms with van der Waals surface area (Å²) in [4.78, 5) is 4.61. The number of aromatic nitrogens is 2. The summed E-state index contributed by atoms with van der Waals surface area (Å²) in [7, 11) is 0. The zero-order valence-electron chi connectivity index (χ0n) is 11.4. The second kappa shape index (κ2) is 5.88. The van der Waals surface area contributed by atoms with Gasteiger partial charge in [0.2, 0.25) is 0 Å². The minimum absolute atomic E-state index is 0.196. The number of imidazole rings is 1. The van der Waals surface area contributed by atoms with E-state index in [-0.39, 0.29) is 5.38 Å². The van der Waals surface area contributed by atoms with Crippen LogP contribution in [0.1, 0.15) is 23.7 Å². The predicted octanol–water partition coefficient (Wildman–Crippen LogP) is 5.69. The van der Waals surface area contributed by atoms with E-state index in [9.17, 15) is 0 Å². The maximum atomic E-state index is 6.28. The number of halogens is 3. The Kier molecular flexibility index (Phi) is 4.12. The number of hydrogen-bond acceptors (Lipinski definition) is 1. The molecule has 2 aromatic carbocycles. The minimum atomic E-state index is -0.196. The lowest BCUT2D eigenvalue weighted by atomic mass is 10.2. The summed E-state index contributed by atoms with van der Waals surface area (Å²) < 4.78 is 2.07. The summed E-state index contributed by atoms with van der Waals surface area (Å²) >= 11 is 18.7. The van der Waals surface area contributed by atoms with Gasteiger partial charge in [0.05, 0.1) is 23.0 Å². The Morgan fingerprint density at radius 1 is 1.14 bits per heavy atom. The predicted molar refractivity (Wildman–Crippen MR) is 89.6 cm³/mol. The van der Waals surface area contributed by atoms with Crippen molar-refractivity contribution in [2.24, 2.45) is 0 Å². The van der Waals surface area contributed by atoms with Crippen molar-refractivity contribution in [2.45, 2.75) is 18.8 Å².